The monoisotopic (exact) mass is 535 g/mol. The van der Waals surface area contributed by atoms with Crippen LogP contribution in [-0.2, 0) is 10.3 Å². The van der Waals surface area contributed by atoms with Gasteiger partial charge in [0.25, 0.3) is 0 Å². The highest BCUT2D eigenvalue weighted by molar-refractivity contribution is 6.02. The Morgan fingerprint density at radius 1 is 0.850 bits per heavy atom. The maximum atomic E-state index is 13.0. The maximum absolute atomic E-state index is 13.0. The Bertz CT molecular complexity index is 1690. The van der Waals surface area contributed by atoms with Crippen molar-refractivity contribution in [1.82, 2.24) is 19.7 Å². The molecule has 5 aromatic rings. The van der Waals surface area contributed by atoms with Gasteiger partial charge in [0.2, 0.25) is 5.91 Å². The summed E-state index contributed by atoms with van der Waals surface area (Å²) in [4.78, 5) is 32.7. The van der Waals surface area contributed by atoms with Gasteiger partial charge in [0.1, 0.15) is 23.0 Å². The number of amides is 3. The molecule has 0 fully saturated rings. The second-order valence-corrected chi connectivity index (χ2v) is 10.2. The minimum absolute atomic E-state index is 0.217. The van der Waals surface area contributed by atoms with E-state index in [0.717, 1.165) is 16.5 Å². The van der Waals surface area contributed by atoms with Gasteiger partial charge in [0.05, 0.1) is 16.7 Å². The molecule has 40 heavy (non-hydrogen) atoms. The van der Waals surface area contributed by atoms with Gasteiger partial charge < -0.3 is 20.7 Å². The summed E-state index contributed by atoms with van der Waals surface area (Å²) in [6.07, 6.45) is 5.14. The minimum Gasteiger partial charge on any atom is -0.457 e. The number of anilines is 3. The molecule has 0 spiro atoms. The number of fused-ring (bicyclic) bond motifs is 1. The van der Waals surface area contributed by atoms with Crippen LogP contribution >= 0.6 is 0 Å². The van der Waals surface area contributed by atoms with Crippen molar-refractivity contribution in [2.45, 2.75) is 33.2 Å². The number of hydrogen-bond acceptors (Lipinski definition) is 6. The predicted molar refractivity (Wildman–Crippen MR) is 156 cm³/mol. The first-order valence-electron chi connectivity index (χ1n) is 12.7. The third-order valence-electron chi connectivity index (χ3n) is 5.91. The van der Waals surface area contributed by atoms with Crippen LogP contribution in [0, 0.1) is 0 Å². The van der Waals surface area contributed by atoms with Gasteiger partial charge in [-0.2, -0.15) is 5.10 Å². The number of carbonyl (C=O) groups is 2. The summed E-state index contributed by atoms with van der Waals surface area (Å²) in [6.45, 7) is 7.56. The molecule has 0 unspecified atom stereocenters. The molecule has 2 aromatic carbocycles. The zero-order valence-electron chi connectivity index (χ0n) is 22.6. The third-order valence-corrected chi connectivity index (χ3v) is 5.91. The number of carbonyl (C=O) groups excluding carboxylic acids is 2. The SMILES string of the molecule is CC(=O)Nc1cc(Oc2ccc(NC(=O)Nc3cn(C(C)(C)C)nc3-c3ccc4ncccc4c3)cc2)ccn1. The van der Waals surface area contributed by atoms with Crippen LogP contribution < -0.4 is 20.7 Å². The van der Waals surface area contributed by atoms with Crippen molar-refractivity contribution in [2.75, 3.05) is 16.0 Å². The first-order chi connectivity index (χ1) is 19.1. The number of urea groups is 1. The van der Waals surface area contributed by atoms with Gasteiger partial charge in [-0.05, 0) is 69.3 Å². The normalized spacial score (nSPS) is 11.2. The van der Waals surface area contributed by atoms with Crippen LogP contribution in [0.5, 0.6) is 11.5 Å². The summed E-state index contributed by atoms with van der Waals surface area (Å²) in [5.74, 6) is 1.26. The summed E-state index contributed by atoms with van der Waals surface area (Å²) >= 11 is 0. The highest BCUT2D eigenvalue weighted by Gasteiger charge is 2.20. The Hall–Kier alpha value is -5.25. The maximum Gasteiger partial charge on any atom is 0.323 e. The molecule has 3 aromatic heterocycles. The zero-order chi connectivity index (χ0) is 28.3. The van der Waals surface area contributed by atoms with Gasteiger partial charge in [-0.15, -0.1) is 0 Å². The fourth-order valence-electron chi connectivity index (χ4n) is 4.00. The van der Waals surface area contributed by atoms with E-state index in [1.807, 2.05) is 62.0 Å². The number of hydrogen-bond donors (Lipinski definition) is 3. The largest absolute Gasteiger partial charge is 0.457 e. The second-order valence-electron chi connectivity index (χ2n) is 10.2. The van der Waals surface area contributed by atoms with Gasteiger partial charge in [0, 0.05) is 48.2 Å². The lowest BCUT2D eigenvalue weighted by Crippen LogP contribution is -2.22. The summed E-state index contributed by atoms with van der Waals surface area (Å²) in [5, 5.41) is 14.2. The van der Waals surface area contributed by atoms with E-state index in [9.17, 15) is 9.59 Å². The van der Waals surface area contributed by atoms with Crippen molar-refractivity contribution in [1.29, 1.82) is 0 Å². The molecule has 0 saturated carbocycles. The third kappa shape index (κ3) is 6.24. The molecule has 3 heterocycles. The minimum atomic E-state index is -0.403. The van der Waals surface area contributed by atoms with Gasteiger partial charge in [-0.1, -0.05) is 12.1 Å². The van der Waals surface area contributed by atoms with Crippen molar-refractivity contribution >= 4 is 40.0 Å². The molecular formula is C30H29N7O3. The molecule has 0 saturated heterocycles. The van der Waals surface area contributed by atoms with Crippen LogP contribution in [0.25, 0.3) is 22.2 Å². The highest BCUT2D eigenvalue weighted by atomic mass is 16.5. The quantitative estimate of drug-likeness (QED) is 0.224. The summed E-state index contributed by atoms with van der Waals surface area (Å²) < 4.78 is 7.69. The smallest absolute Gasteiger partial charge is 0.323 e. The number of nitrogens with zero attached hydrogens (tertiary/aromatic N) is 4. The van der Waals surface area contributed by atoms with Crippen molar-refractivity contribution < 1.29 is 14.3 Å². The van der Waals surface area contributed by atoms with Gasteiger partial charge in [0.15, 0.2) is 0 Å². The first-order valence-corrected chi connectivity index (χ1v) is 12.7. The average molecular weight is 536 g/mol. The molecule has 0 aliphatic carbocycles. The molecule has 0 aliphatic rings. The fraction of sp³-hybridized carbons (Fsp3) is 0.167. The van der Waals surface area contributed by atoms with Crippen LogP contribution in [0.1, 0.15) is 27.7 Å². The second kappa shape index (κ2) is 10.9. The number of aromatic nitrogens is 4. The number of nitrogens with one attached hydrogen (secondary N) is 3. The van der Waals surface area contributed by atoms with Crippen LogP contribution in [0.2, 0.25) is 0 Å². The lowest BCUT2D eigenvalue weighted by atomic mass is 10.1. The number of ether oxygens (including phenoxy) is 1. The highest BCUT2D eigenvalue weighted by Crippen LogP contribution is 2.31. The summed E-state index contributed by atoms with van der Waals surface area (Å²) in [7, 11) is 0. The van der Waals surface area contributed by atoms with Gasteiger partial charge in [-0.3, -0.25) is 14.5 Å². The van der Waals surface area contributed by atoms with E-state index >= 15 is 0 Å². The van der Waals surface area contributed by atoms with Crippen LogP contribution in [0.3, 0.4) is 0 Å². The van der Waals surface area contributed by atoms with Crippen LogP contribution in [0.4, 0.5) is 22.0 Å². The number of rotatable bonds is 6. The van der Waals surface area contributed by atoms with Crippen molar-refractivity contribution in [3.63, 3.8) is 0 Å². The Balaban J connectivity index is 1.31. The summed E-state index contributed by atoms with van der Waals surface area (Å²) in [6, 6.07) is 19.7. The van der Waals surface area contributed by atoms with E-state index in [0.29, 0.717) is 34.4 Å². The van der Waals surface area contributed by atoms with Gasteiger partial charge in [-0.25, -0.2) is 9.78 Å². The fourth-order valence-corrected chi connectivity index (χ4v) is 4.00. The molecule has 10 heteroatoms. The molecule has 0 aliphatic heterocycles. The molecule has 0 bridgehead atoms. The van der Waals surface area contributed by atoms with E-state index in [4.69, 9.17) is 9.84 Å². The molecule has 3 amide bonds. The molecule has 0 radical (unpaired) electrons. The van der Waals surface area contributed by atoms with Crippen LogP contribution in [0.15, 0.2) is 85.3 Å². The number of benzene rings is 2. The van der Waals surface area contributed by atoms with Crippen molar-refractivity contribution in [3.05, 3.63) is 85.3 Å². The molecule has 202 valence electrons. The average Bonchev–Trinajstić information content (AvgIpc) is 3.34. The Morgan fingerprint density at radius 3 is 2.40 bits per heavy atom. The molecule has 5 rings (SSSR count). The van der Waals surface area contributed by atoms with Crippen molar-refractivity contribution in [3.8, 4) is 22.8 Å². The first kappa shape index (κ1) is 26.4. The Morgan fingerprint density at radius 2 is 1.65 bits per heavy atom. The predicted octanol–water partition coefficient (Wildman–Crippen LogP) is 6.64. The Kier molecular flexibility index (Phi) is 7.15. The molecular weight excluding hydrogens is 506 g/mol. The molecule has 10 nitrogen and oxygen atoms in total. The molecule has 3 N–H and O–H groups in total. The zero-order valence-corrected chi connectivity index (χ0v) is 22.6. The number of pyridine rings is 2. The lowest BCUT2D eigenvalue weighted by Gasteiger charge is -2.18. The molecule has 0 atom stereocenters. The Labute approximate surface area is 231 Å². The summed E-state index contributed by atoms with van der Waals surface area (Å²) in [5.41, 5.74) is 3.31. The van der Waals surface area contributed by atoms with Crippen LogP contribution in [-0.4, -0.2) is 31.7 Å². The van der Waals surface area contributed by atoms with Crippen molar-refractivity contribution in [2.24, 2.45) is 0 Å². The van der Waals surface area contributed by atoms with E-state index in [1.165, 1.54) is 6.92 Å². The standard InChI is InChI=1S/C30H29N7O3/c1-19(38)33-27-17-24(13-15-32-27)40-23-10-8-22(9-11-23)34-29(39)35-26-18-37(30(2,3)4)36-28(26)21-7-12-25-20(16-21)6-5-14-31-25/h5-18H,1-4H3,(H,32,33,38)(H2,34,35,39). The lowest BCUT2D eigenvalue weighted by molar-refractivity contribution is -0.114. The van der Waals surface area contributed by atoms with E-state index in [-0.39, 0.29) is 11.4 Å². The van der Waals surface area contributed by atoms with E-state index in [1.54, 1.807) is 48.8 Å². The van der Waals surface area contributed by atoms with E-state index < -0.39 is 6.03 Å². The topological polar surface area (TPSA) is 123 Å². The van der Waals surface area contributed by atoms with E-state index in [2.05, 4.69) is 25.9 Å². The van der Waals surface area contributed by atoms with Gasteiger partial charge >= 0.3 is 6.03 Å².